The molecule has 0 aliphatic heterocycles. The summed E-state index contributed by atoms with van der Waals surface area (Å²) >= 11 is 0. The van der Waals surface area contributed by atoms with E-state index in [1.807, 2.05) is 0 Å². The van der Waals surface area contributed by atoms with Crippen LogP contribution in [-0.2, 0) is 6.54 Å². The standard InChI is InChI=1S/C7H13N3O/c8-2-1-3-9-4-7-5-10-11-6-7/h5-6,9H,1-4,8H2. The molecule has 0 bridgehead atoms. The van der Waals surface area contributed by atoms with Crippen molar-refractivity contribution in [2.45, 2.75) is 13.0 Å². The van der Waals surface area contributed by atoms with Crippen LogP contribution in [-0.4, -0.2) is 18.2 Å². The first kappa shape index (κ1) is 8.23. The lowest BCUT2D eigenvalue weighted by atomic mass is 10.3. The quantitative estimate of drug-likeness (QED) is 0.592. The van der Waals surface area contributed by atoms with Crippen molar-refractivity contribution in [3.05, 3.63) is 18.0 Å². The van der Waals surface area contributed by atoms with Gasteiger partial charge in [0.2, 0.25) is 0 Å². The number of nitrogens with one attached hydrogen (secondary N) is 1. The van der Waals surface area contributed by atoms with Gasteiger partial charge in [-0.05, 0) is 19.5 Å². The number of nitrogens with two attached hydrogens (primary N) is 1. The van der Waals surface area contributed by atoms with Crippen molar-refractivity contribution in [1.82, 2.24) is 10.5 Å². The van der Waals surface area contributed by atoms with Crippen molar-refractivity contribution < 1.29 is 4.52 Å². The molecule has 62 valence electrons. The minimum Gasteiger partial charge on any atom is -0.364 e. The highest BCUT2D eigenvalue weighted by molar-refractivity contribution is 4.98. The van der Waals surface area contributed by atoms with Crippen LogP contribution in [0.2, 0.25) is 0 Å². The number of aromatic nitrogens is 1. The molecular weight excluding hydrogens is 142 g/mol. The molecule has 1 heterocycles. The lowest BCUT2D eigenvalue weighted by Crippen LogP contribution is -2.17. The maximum Gasteiger partial charge on any atom is 0.128 e. The maximum absolute atomic E-state index is 5.32. The van der Waals surface area contributed by atoms with Gasteiger partial charge in [-0.2, -0.15) is 0 Å². The van der Waals surface area contributed by atoms with E-state index in [2.05, 4.69) is 15.0 Å². The topological polar surface area (TPSA) is 64.1 Å². The van der Waals surface area contributed by atoms with Crippen molar-refractivity contribution in [3.63, 3.8) is 0 Å². The summed E-state index contributed by atoms with van der Waals surface area (Å²) < 4.78 is 4.66. The van der Waals surface area contributed by atoms with Gasteiger partial charge in [0.05, 0.1) is 6.20 Å². The third-order valence-electron chi connectivity index (χ3n) is 1.37. The molecule has 1 aromatic rings. The van der Waals surface area contributed by atoms with Gasteiger partial charge < -0.3 is 15.6 Å². The Labute approximate surface area is 65.7 Å². The van der Waals surface area contributed by atoms with E-state index in [-0.39, 0.29) is 0 Å². The van der Waals surface area contributed by atoms with Crippen LogP contribution in [0.15, 0.2) is 17.0 Å². The molecule has 0 amide bonds. The molecule has 0 spiro atoms. The molecule has 1 aromatic heterocycles. The lowest BCUT2D eigenvalue weighted by molar-refractivity contribution is 0.418. The number of hydrogen-bond acceptors (Lipinski definition) is 4. The Kier molecular flexibility index (Phi) is 3.64. The van der Waals surface area contributed by atoms with Crippen LogP contribution in [0.3, 0.4) is 0 Å². The molecule has 0 fully saturated rings. The maximum atomic E-state index is 5.32. The summed E-state index contributed by atoms with van der Waals surface area (Å²) in [6.45, 7) is 2.49. The van der Waals surface area contributed by atoms with E-state index < -0.39 is 0 Å². The van der Waals surface area contributed by atoms with Crippen molar-refractivity contribution in [2.75, 3.05) is 13.1 Å². The lowest BCUT2D eigenvalue weighted by Gasteiger charge is -1.98. The highest BCUT2D eigenvalue weighted by Crippen LogP contribution is 1.94. The minimum atomic E-state index is 0.733. The Morgan fingerprint density at radius 3 is 3.18 bits per heavy atom. The van der Waals surface area contributed by atoms with Crippen LogP contribution in [0, 0.1) is 0 Å². The van der Waals surface area contributed by atoms with Gasteiger partial charge in [-0.15, -0.1) is 0 Å². The predicted octanol–water partition coefficient (Wildman–Crippen LogP) is 0.113. The monoisotopic (exact) mass is 155 g/mol. The molecule has 11 heavy (non-hydrogen) atoms. The van der Waals surface area contributed by atoms with Crippen molar-refractivity contribution >= 4 is 0 Å². The van der Waals surface area contributed by atoms with Gasteiger partial charge in [-0.1, -0.05) is 5.16 Å². The molecule has 4 heteroatoms. The summed E-state index contributed by atoms with van der Waals surface area (Å²) in [5, 5.41) is 6.79. The van der Waals surface area contributed by atoms with Gasteiger partial charge >= 0.3 is 0 Å². The van der Waals surface area contributed by atoms with Gasteiger partial charge in [0.15, 0.2) is 0 Å². The number of rotatable bonds is 5. The molecule has 0 aromatic carbocycles. The summed E-state index contributed by atoms with van der Waals surface area (Å²) in [4.78, 5) is 0. The fourth-order valence-electron chi connectivity index (χ4n) is 0.774. The summed E-state index contributed by atoms with van der Waals surface area (Å²) in [5.41, 5.74) is 6.39. The Morgan fingerprint density at radius 1 is 1.64 bits per heavy atom. The van der Waals surface area contributed by atoms with Crippen molar-refractivity contribution in [3.8, 4) is 0 Å². The molecule has 0 radical (unpaired) electrons. The van der Waals surface area contributed by atoms with E-state index in [1.54, 1.807) is 12.5 Å². The van der Waals surface area contributed by atoms with Gasteiger partial charge in [0.25, 0.3) is 0 Å². The Hall–Kier alpha value is -0.870. The largest absolute Gasteiger partial charge is 0.364 e. The summed E-state index contributed by atoms with van der Waals surface area (Å²) in [6, 6.07) is 0. The fraction of sp³-hybridized carbons (Fsp3) is 0.571. The fourth-order valence-corrected chi connectivity index (χ4v) is 0.774. The van der Waals surface area contributed by atoms with E-state index in [0.717, 1.165) is 31.6 Å². The second-order valence-corrected chi connectivity index (χ2v) is 2.35. The zero-order valence-corrected chi connectivity index (χ0v) is 6.42. The third-order valence-corrected chi connectivity index (χ3v) is 1.37. The number of hydrogen-bond donors (Lipinski definition) is 2. The van der Waals surface area contributed by atoms with Crippen LogP contribution in [0.4, 0.5) is 0 Å². The average Bonchev–Trinajstić information content (AvgIpc) is 2.50. The molecule has 0 saturated carbocycles. The normalized spacial score (nSPS) is 10.3. The predicted molar refractivity (Wildman–Crippen MR) is 41.9 cm³/mol. The van der Waals surface area contributed by atoms with Crippen LogP contribution in [0.25, 0.3) is 0 Å². The van der Waals surface area contributed by atoms with E-state index >= 15 is 0 Å². The molecule has 0 aliphatic rings. The molecule has 0 aliphatic carbocycles. The van der Waals surface area contributed by atoms with Crippen molar-refractivity contribution in [1.29, 1.82) is 0 Å². The van der Waals surface area contributed by atoms with Crippen LogP contribution >= 0.6 is 0 Å². The van der Waals surface area contributed by atoms with E-state index in [9.17, 15) is 0 Å². The Balaban J connectivity index is 2.04. The highest BCUT2D eigenvalue weighted by Gasteiger charge is 1.92. The molecule has 3 N–H and O–H groups in total. The van der Waals surface area contributed by atoms with Gasteiger partial charge in [-0.3, -0.25) is 0 Å². The van der Waals surface area contributed by atoms with Gasteiger partial charge in [0, 0.05) is 12.1 Å². The van der Waals surface area contributed by atoms with Gasteiger partial charge in [-0.25, -0.2) is 0 Å². The molecular formula is C7H13N3O. The molecule has 0 atom stereocenters. The van der Waals surface area contributed by atoms with Crippen LogP contribution < -0.4 is 11.1 Å². The first-order chi connectivity index (χ1) is 5.43. The first-order valence-electron chi connectivity index (χ1n) is 3.72. The summed E-state index contributed by atoms with van der Waals surface area (Å²) in [5.74, 6) is 0. The Morgan fingerprint density at radius 2 is 2.55 bits per heavy atom. The summed E-state index contributed by atoms with van der Waals surface area (Å²) in [7, 11) is 0. The van der Waals surface area contributed by atoms with E-state index in [0.29, 0.717) is 0 Å². The molecule has 1 rings (SSSR count). The smallest absolute Gasteiger partial charge is 0.128 e. The second-order valence-electron chi connectivity index (χ2n) is 2.35. The Bertz CT molecular complexity index is 174. The highest BCUT2D eigenvalue weighted by atomic mass is 16.5. The zero-order chi connectivity index (χ0) is 7.94. The molecule has 0 unspecified atom stereocenters. The second kappa shape index (κ2) is 4.87. The van der Waals surface area contributed by atoms with E-state index in [1.165, 1.54) is 0 Å². The van der Waals surface area contributed by atoms with Crippen LogP contribution in [0.1, 0.15) is 12.0 Å². The minimum absolute atomic E-state index is 0.733. The number of nitrogens with zero attached hydrogens (tertiary/aromatic N) is 1. The first-order valence-corrected chi connectivity index (χ1v) is 3.72. The molecule has 4 nitrogen and oxygen atoms in total. The SMILES string of the molecule is NCCCNCc1cnoc1. The third kappa shape index (κ3) is 3.15. The van der Waals surface area contributed by atoms with Crippen LogP contribution in [0.5, 0.6) is 0 Å². The van der Waals surface area contributed by atoms with E-state index in [4.69, 9.17) is 5.73 Å². The average molecular weight is 155 g/mol. The zero-order valence-electron chi connectivity index (χ0n) is 6.42. The summed E-state index contributed by atoms with van der Waals surface area (Å²) in [6.07, 6.45) is 4.34. The van der Waals surface area contributed by atoms with Gasteiger partial charge in [0.1, 0.15) is 6.26 Å². The van der Waals surface area contributed by atoms with Crippen molar-refractivity contribution in [2.24, 2.45) is 5.73 Å². The molecule has 0 saturated heterocycles.